The van der Waals surface area contributed by atoms with Crippen LogP contribution in [0.5, 0.6) is 0 Å². The minimum atomic E-state index is -0.667. The molecule has 2 aromatic rings. The van der Waals surface area contributed by atoms with Crippen LogP contribution in [0.2, 0.25) is 0 Å². The molecule has 2 atom stereocenters. The van der Waals surface area contributed by atoms with E-state index in [1.54, 1.807) is 12.1 Å². The summed E-state index contributed by atoms with van der Waals surface area (Å²) in [4.78, 5) is 7.68. The van der Waals surface area contributed by atoms with Gasteiger partial charge in [-0.3, -0.25) is 4.90 Å². The van der Waals surface area contributed by atoms with Gasteiger partial charge in [0.25, 0.3) is 0 Å². The van der Waals surface area contributed by atoms with Crippen molar-refractivity contribution < 1.29 is 19.1 Å². The molecule has 29 heavy (non-hydrogen) atoms. The third kappa shape index (κ3) is 6.78. The predicted molar refractivity (Wildman–Crippen MR) is 111 cm³/mol. The monoisotopic (exact) mass is 398 g/mol. The molecular weight excluding hydrogens is 371 g/mol. The van der Waals surface area contributed by atoms with Gasteiger partial charge in [0, 0.05) is 26.1 Å². The molecule has 0 bridgehead atoms. The average molecular weight is 398 g/mol. The molecule has 0 radical (unpaired) electrons. The number of halogens is 1. The number of hydrogen-bond acceptors (Lipinski definition) is 5. The molecule has 1 aliphatic heterocycles. The van der Waals surface area contributed by atoms with E-state index in [1.165, 1.54) is 12.1 Å². The van der Waals surface area contributed by atoms with Crippen molar-refractivity contribution in [1.29, 1.82) is 0 Å². The van der Waals surface area contributed by atoms with Gasteiger partial charge in [0.05, 0.1) is 25.0 Å². The number of ether oxygens (including phenoxy) is 1. The Balaban J connectivity index is 1.61. The lowest BCUT2D eigenvalue weighted by molar-refractivity contribution is 0.00334. The van der Waals surface area contributed by atoms with E-state index >= 15 is 0 Å². The third-order valence-electron chi connectivity index (χ3n) is 4.61. The highest BCUT2D eigenvalue weighted by Crippen LogP contribution is 2.19. The molecule has 0 saturated heterocycles. The van der Waals surface area contributed by atoms with Crippen LogP contribution >= 0.6 is 0 Å². The van der Waals surface area contributed by atoms with Gasteiger partial charge in [-0.05, 0) is 23.3 Å². The fourth-order valence-electron chi connectivity index (χ4n) is 3.35. The largest absolute Gasteiger partial charge is 0.390 e. The number of oxime groups is 1. The SMILES string of the molecule is C=CCOC[C@@H](O)CN(Cc1cccc(F)c1)C[C@H]1CC(c2ccccc2)=NO1. The summed E-state index contributed by atoms with van der Waals surface area (Å²) >= 11 is 0. The minimum Gasteiger partial charge on any atom is -0.390 e. The van der Waals surface area contributed by atoms with Crippen molar-refractivity contribution >= 4 is 5.71 Å². The fraction of sp³-hybridized carbons (Fsp3) is 0.348. The average Bonchev–Trinajstić information content (AvgIpc) is 3.17. The molecule has 5 nitrogen and oxygen atoms in total. The Hall–Kier alpha value is -2.54. The van der Waals surface area contributed by atoms with E-state index in [0.29, 0.717) is 32.7 Å². The third-order valence-corrected chi connectivity index (χ3v) is 4.61. The lowest BCUT2D eigenvalue weighted by atomic mass is 10.0. The molecule has 3 rings (SSSR count). The van der Waals surface area contributed by atoms with E-state index in [4.69, 9.17) is 9.57 Å². The van der Waals surface area contributed by atoms with Gasteiger partial charge in [0.2, 0.25) is 0 Å². The quantitative estimate of drug-likeness (QED) is 0.466. The first-order chi connectivity index (χ1) is 14.1. The maximum Gasteiger partial charge on any atom is 0.145 e. The molecule has 154 valence electrons. The van der Waals surface area contributed by atoms with Crippen molar-refractivity contribution in [3.63, 3.8) is 0 Å². The molecule has 0 aliphatic carbocycles. The summed E-state index contributed by atoms with van der Waals surface area (Å²) in [6.45, 7) is 5.65. The van der Waals surface area contributed by atoms with E-state index < -0.39 is 6.10 Å². The smallest absolute Gasteiger partial charge is 0.145 e. The topological polar surface area (TPSA) is 54.3 Å². The summed E-state index contributed by atoms with van der Waals surface area (Å²) in [5.74, 6) is -0.274. The van der Waals surface area contributed by atoms with Crippen LogP contribution in [-0.2, 0) is 16.1 Å². The summed E-state index contributed by atoms with van der Waals surface area (Å²) < 4.78 is 18.9. The molecule has 6 heteroatoms. The maximum absolute atomic E-state index is 13.6. The van der Waals surface area contributed by atoms with Crippen LogP contribution < -0.4 is 0 Å². The number of aliphatic hydroxyl groups is 1. The van der Waals surface area contributed by atoms with Gasteiger partial charge in [-0.25, -0.2) is 4.39 Å². The summed E-state index contributed by atoms with van der Waals surface area (Å²) in [5, 5.41) is 14.6. The normalized spacial score (nSPS) is 17.1. The Morgan fingerprint density at radius 3 is 2.86 bits per heavy atom. The van der Waals surface area contributed by atoms with Gasteiger partial charge < -0.3 is 14.7 Å². The second kappa shape index (κ2) is 10.9. The van der Waals surface area contributed by atoms with Crippen molar-refractivity contribution in [2.45, 2.75) is 25.2 Å². The molecule has 0 fully saturated rings. The molecular formula is C23H27FN2O3. The minimum absolute atomic E-state index is 0.125. The zero-order valence-electron chi connectivity index (χ0n) is 16.4. The van der Waals surface area contributed by atoms with E-state index in [-0.39, 0.29) is 18.5 Å². The van der Waals surface area contributed by atoms with Gasteiger partial charge in [-0.15, -0.1) is 6.58 Å². The van der Waals surface area contributed by atoms with Crippen molar-refractivity contribution in [3.8, 4) is 0 Å². The van der Waals surface area contributed by atoms with Crippen molar-refractivity contribution in [1.82, 2.24) is 4.90 Å². The van der Waals surface area contributed by atoms with E-state index in [2.05, 4.69) is 11.7 Å². The second-order valence-corrected chi connectivity index (χ2v) is 7.14. The summed E-state index contributed by atoms with van der Waals surface area (Å²) in [6, 6.07) is 16.4. The van der Waals surface area contributed by atoms with Crippen molar-refractivity contribution in [2.24, 2.45) is 5.16 Å². The molecule has 0 aromatic heterocycles. The maximum atomic E-state index is 13.6. The van der Waals surface area contributed by atoms with Gasteiger partial charge >= 0.3 is 0 Å². The molecule has 1 heterocycles. The number of hydrogen-bond donors (Lipinski definition) is 1. The standard InChI is InChI=1S/C23H27FN2O3/c1-2-11-28-17-21(27)15-26(14-18-7-6-10-20(24)12-18)16-22-13-23(25-29-22)19-8-4-3-5-9-19/h2-10,12,21-22,27H,1,11,13-17H2/t21-,22+/m0/s1. The van der Waals surface area contributed by atoms with Gasteiger partial charge in [0.1, 0.15) is 11.9 Å². The van der Waals surface area contributed by atoms with Crippen LogP contribution in [0.25, 0.3) is 0 Å². The molecule has 0 unspecified atom stereocenters. The fourth-order valence-corrected chi connectivity index (χ4v) is 3.35. The van der Waals surface area contributed by atoms with E-state index in [9.17, 15) is 9.50 Å². The summed E-state index contributed by atoms with van der Waals surface area (Å²) in [7, 11) is 0. The first-order valence-electron chi connectivity index (χ1n) is 9.75. The van der Waals surface area contributed by atoms with Crippen molar-refractivity contribution in [2.75, 3.05) is 26.3 Å². The van der Waals surface area contributed by atoms with Crippen LogP contribution in [0.15, 0.2) is 72.4 Å². The van der Waals surface area contributed by atoms with E-state index in [1.807, 2.05) is 41.3 Å². The van der Waals surface area contributed by atoms with Gasteiger partial charge in [-0.1, -0.05) is 53.7 Å². The Morgan fingerprint density at radius 1 is 1.28 bits per heavy atom. The summed E-state index contributed by atoms with van der Waals surface area (Å²) in [5.41, 5.74) is 2.80. The van der Waals surface area contributed by atoms with Crippen LogP contribution in [0.3, 0.4) is 0 Å². The molecule has 2 aromatic carbocycles. The van der Waals surface area contributed by atoms with Crippen LogP contribution in [-0.4, -0.2) is 54.2 Å². The molecule has 1 N–H and O–H groups in total. The first-order valence-corrected chi connectivity index (χ1v) is 9.75. The van der Waals surface area contributed by atoms with Gasteiger partial charge in [0.15, 0.2) is 0 Å². The number of benzene rings is 2. The number of nitrogens with zero attached hydrogens (tertiary/aromatic N) is 2. The summed E-state index contributed by atoms with van der Waals surface area (Å²) in [6.07, 6.45) is 1.54. The molecule has 0 spiro atoms. The highest BCUT2D eigenvalue weighted by Gasteiger charge is 2.25. The van der Waals surface area contributed by atoms with Crippen molar-refractivity contribution in [3.05, 3.63) is 84.2 Å². The van der Waals surface area contributed by atoms with Gasteiger partial charge in [-0.2, -0.15) is 0 Å². The number of aliphatic hydroxyl groups excluding tert-OH is 1. The molecule has 0 saturated carbocycles. The van der Waals surface area contributed by atoms with Crippen LogP contribution in [0.4, 0.5) is 4.39 Å². The molecule has 1 aliphatic rings. The lowest BCUT2D eigenvalue weighted by Gasteiger charge is -2.27. The number of rotatable bonds is 11. The van der Waals surface area contributed by atoms with E-state index in [0.717, 1.165) is 16.8 Å². The van der Waals surface area contributed by atoms with Crippen LogP contribution in [0.1, 0.15) is 17.5 Å². The Kier molecular flexibility index (Phi) is 7.93. The highest BCUT2D eigenvalue weighted by atomic mass is 19.1. The Morgan fingerprint density at radius 2 is 2.10 bits per heavy atom. The molecule has 0 amide bonds. The predicted octanol–water partition coefficient (Wildman–Crippen LogP) is 3.38. The zero-order valence-corrected chi connectivity index (χ0v) is 16.4. The zero-order chi connectivity index (χ0) is 20.5. The second-order valence-electron chi connectivity index (χ2n) is 7.14. The lowest BCUT2D eigenvalue weighted by Crippen LogP contribution is -2.39. The van der Waals surface area contributed by atoms with Crippen LogP contribution in [0, 0.1) is 5.82 Å². The Bertz CT molecular complexity index is 813. The Labute approximate surface area is 171 Å². The first kappa shape index (κ1) is 21.2. The highest BCUT2D eigenvalue weighted by molar-refractivity contribution is 6.01.